The molecule has 4 heteroatoms. The molecule has 76 valence electrons. The third-order valence-corrected chi connectivity index (χ3v) is 1.98. The Kier molecular flexibility index (Phi) is 3.48. The molecular formula is C10H13NO3. The van der Waals surface area contributed by atoms with Crippen LogP contribution in [-0.2, 0) is 4.79 Å². The first-order valence-corrected chi connectivity index (χ1v) is 4.30. The minimum atomic E-state index is -0.852. The molecule has 0 saturated heterocycles. The summed E-state index contributed by atoms with van der Waals surface area (Å²) in [7, 11) is 0. The fraction of sp³-hybridized carbons (Fsp3) is 0.300. The summed E-state index contributed by atoms with van der Waals surface area (Å²) in [6.07, 6.45) is 0. The van der Waals surface area contributed by atoms with Crippen LogP contribution in [-0.4, -0.2) is 17.8 Å². The van der Waals surface area contributed by atoms with Gasteiger partial charge in [0.1, 0.15) is 12.5 Å². The van der Waals surface area contributed by atoms with E-state index in [4.69, 9.17) is 15.6 Å². The topological polar surface area (TPSA) is 72.5 Å². The Morgan fingerprint density at radius 3 is 2.93 bits per heavy atom. The van der Waals surface area contributed by atoms with Crippen LogP contribution in [0.25, 0.3) is 0 Å². The number of benzene rings is 1. The second-order valence-electron chi connectivity index (χ2n) is 2.94. The molecule has 0 amide bonds. The lowest BCUT2D eigenvalue weighted by molar-refractivity contribution is -0.138. The van der Waals surface area contributed by atoms with Gasteiger partial charge in [0, 0.05) is 0 Å². The molecule has 0 saturated carbocycles. The van der Waals surface area contributed by atoms with Crippen molar-refractivity contribution in [3.63, 3.8) is 0 Å². The van der Waals surface area contributed by atoms with E-state index in [0.717, 1.165) is 0 Å². The number of hydrogen-bond acceptors (Lipinski definition) is 3. The molecule has 0 spiro atoms. The van der Waals surface area contributed by atoms with E-state index in [1.54, 1.807) is 31.2 Å². The number of nitrogens with two attached hydrogens (primary N) is 1. The average Bonchev–Trinajstić information content (AvgIpc) is 2.17. The van der Waals surface area contributed by atoms with E-state index in [1.807, 2.05) is 0 Å². The van der Waals surface area contributed by atoms with Crippen LogP contribution < -0.4 is 10.5 Å². The fourth-order valence-corrected chi connectivity index (χ4v) is 1.11. The Balaban J connectivity index is 2.87. The van der Waals surface area contributed by atoms with Gasteiger partial charge in [-0.05, 0) is 24.6 Å². The molecule has 1 aromatic rings. The maximum Gasteiger partial charge on any atom is 0.310 e. The standard InChI is InChI=1S/C10H13NO3/c1-7(10(12)13)8-3-2-4-9(5-8)14-6-11/h2-5,7H,6,11H2,1H3,(H,12,13)/t7-/m0/s1. The predicted molar refractivity (Wildman–Crippen MR) is 52.2 cm³/mol. The first kappa shape index (κ1) is 10.5. The zero-order valence-electron chi connectivity index (χ0n) is 7.93. The molecule has 14 heavy (non-hydrogen) atoms. The van der Waals surface area contributed by atoms with Gasteiger partial charge in [0.05, 0.1) is 5.92 Å². The number of carbonyl (C=O) groups is 1. The van der Waals surface area contributed by atoms with Crippen molar-refractivity contribution in [2.24, 2.45) is 5.73 Å². The van der Waals surface area contributed by atoms with Crippen LogP contribution in [0.1, 0.15) is 18.4 Å². The summed E-state index contributed by atoms with van der Waals surface area (Å²) in [5.74, 6) is -0.788. The molecule has 0 aliphatic heterocycles. The van der Waals surface area contributed by atoms with Gasteiger partial charge in [-0.15, -0.1) is 0 Å². The summed E-state index contributed by atoms with van der Waals surface area (Å²) in [6, 6.07) is 6.93. The summed E-state index contributed by atoms with van der Waals surface area (Å²) < 4.78 is 5.06. The van der Waals surface area contributed by atoms with E-state index in [2.05, 4.69) is 0 Å². The average molecular weight is 195 g/mol. The van der Waals surface area contributed by atoms with Crippen LogP contribution in [0.4, 0.5) is 0 Å². The molecule has 4 nitrogen and oxygen atoms in total. The lowest BCUT2D eigenvalue weighted by atomic mass is 10.0. The Bertz CT molecular complexity index is 325. The summed E-state index contributed by atoms with van der Waals surface area (Å²) in [5, 5.41) is 8.79. The highest BCUT2D eigenvalue weighted by molar-refractivity contribution is 5.75. The monoisotopic (exact) mass is 195 g/mol. The Labute approximate surface area is 82.3 Å². The summed E-state index contributed by atoms with van der Waals surface area (Å²) in [4.78, 5) is 10.7. The van der Waals surface area contributed by atoms with Crippen molar-refractivity contribution < 1.29 is 14.6 Å². The molecule has 1 aromatic carbocycles. The van der Waals surface area contributed by atoms with Gasteiger partial charge in [-0.1, -0.05) is 12.1 Å². The van der Waals surface area contributed by atoms with Crippen LogP contribution in [0.15, 0.2) is 24.3 Å². The highest BCUT2D eigenvalue weighted by atomic mass is 16.5. The van der Waals surface area contributed by atoms with Gasteiger partial charge in [0.2, 0.25) is 0 Å². The predicted octanol–water partition coefficient (Wildman–Crippen LogP) is 1.17. The van der Waals surface area contributed by atoms with E-state index in [9.17, 15) is 4.79 Å². The Morgan fingerprint density at radius 2 is 2.36 bits per heavy atom. The molecule has 0 heterocycles. The van der Waals surface area contributed by atoms with E-state index in [-0.39, 0.29) is 6.73 Å². The van der Waals surface area contributed by atoms with Crippen molar-refractivity contribution >= 4 is 5.97 Å². The number of carboxylic acid groups (broad SMARTS) is 1. The maximum absolute atomic E-state index is 10.7. The van der Waals surface area contributed by atoms with Crippen LogP contribution in [0, 0.1) is 0 Å². The van der Waals surface area contributed by atoms with Crippen molar-refractivity contribution in [3.05, 3.63) is 29.8 Å². The van der Waals surface area contributed by atoms with Gasteiger partial charge in [-0.2, -0.15) is 0 Å². The van der Waals surface area contributed by atoms with Crippen LogP contribution >= 0.6 is 0 Å². The smallest absolute Gasteiger partial charge is 0.310 e. The molecule has 1 rings (SSSR count). The second-order valence-corrected chi connectivity index (χ2v) is 2.94. The van der Waals surface area contributed by atoms with Gasteiger partial charge in [0.15, 0.2) is 0 Å². The summed E-state index contributed by atoms with van der Waals surface area (Å²) in [5.41, 5.74) is 5.92. The lowest BCUT2D eigenvalue weighted by Gasteiger charge is -2.08. The first-order valence-electron chi connectivity index (χ1n) is 4.30. The van der Waals surface area contributed by atoms with E-state index >= 15 is 0 Å². The molecule has 3 N–H and O–H groups in total. The third-order valence-electron chi connectivity index (χ3n) is 1.98. The minimum absolute atomic E-state index is 0.0882. The second kappa shape index (κ2) is 4.62. The Morgan fingerprint density at radius 1 is 1.64 bits per heavy atom. The molecule has 0 aliphatic carbocycles. The summed E-state index contributed by atoms with van der Waals surface area (Å²) in [6.45, 7) is 1.72. The zero-order chi connectivity index (χ0) is 10.6. The van der Waals surface area contributed by atoms with Gasteiger partial charge >= 0.3 is 5.97 Å². The van der Waals surface area contributed by atoms with Gasteiger partial charge in [0.25, 0.3) is 0 Å². The molecule has 0 aromatic heterocycles. The van der Waals surface area contributed by atoms with Crippen molar-refractivity contribution in [2.75, 3.05) is 6.73 Å². The zero-order valence-corrected chi connectivity index (χ0v) is 7.93. The SMILES string of the molecule is C[C@H](C(=O)O)c1cccc(OCN)c1. The third kappa shape index (κ3) is 2.47. The molecule has 0 fully saturated rings. The molecule has 0 unspecified atom stereocenters. The van der Waals surface area contributed by atoms with Crippen LogP contribution in [0.2, 0.25) is 0 Å². The van der Waals surface area contributed by atoms with E-state index in [0.29, 0.717) is 11.3 Å². The van der Waals surface area contributed by atoms with E-state index < -0.39 is 11.9 Å². The molecule has 0 aliphatic rings. The highest BCUT2D eigenvalue weighted by Gasteiger charge is 2.13. The molecule has 1 atom stereocenters. The quantitative estimate of drug-likeness (QED) is 0.707. The molecule has 0 bridgehead atoms. The Hall–Kier alpha value is -1.55. The van der Waals surface area contributed by atoms with Crippen molar-refractivity contribution in [1.82, 2.24) is 0 Å². The normalized spacial score (nSPS) is 12.1. The van der Waals surface area contributed by atoms with Crippen molar-refractivity contribution in [3.8, 4) is 5.75 Å². The fourth-order valence-electron chi connectivity index (χ4n) is 1.11. The number of ether oxygens (including phenoxy) is 1. The van der Waals surface area contributed by atoms with E-state index in [1.165, 1.54) is 0 Å². The number of aliphatic carboxylic acids is 1. The van der Waals surface area contributed by atoms with Crippen LogP contribution in [0.5, 0.6) is 5.75 Å². The lowest BCUT2D eigenvalue weighted by Crippen LogP contribution is -2.09. The number of carboxylic acids is 1. The minimum Gasteiger partial charge on any atom is -0.481 e. The van der Waals surface area contributed by atoms with Gasteiger partial charge < -0.3 is 9.84 Å². The highest BCUT2D eigenvalue weighted by Crippen LogP contribution is 2.20. The first-order chi connectivity index (χ1) is 6.65. The van der Waals surface area contributed by atoms with Gasteiger partial charge in [-0.25, -0.2) is 0 Å². The van der Waals surface area contributed by atoms with Crippen LogP contribution in [0.3, 0.4) is 0 Å². The molecule has 0 radical (unpaired) electrons. The van der Waals surface area contributed by atoms with Gasteiger partial charge in [-0.3, -0.25) is 10.5 Å². The number of hydrogen-bond donors (Lipinski definition) is 2. The molecular weight excluding hydrogens is 182 g/mol. The van der Waals surface area contributed by atoms with Crippen molar-refractivity contribution in [1.29, 1.82) is 0 Å². The maximum atomic E-state index is 10.7. The number of rotatable bonds is 4. The summed E-state index contributed by atoms with van der Waals surface area (Å²) >= 11 is 0. The largest absolute Gasteiger partial charge is 0.481 e. The van der Waals surface area contributed by atoms with Crippen molar-refractivity contribution in [2.45, 2.75) is 12.8 Å².